The second kappa shape index (κ2) is 9.26. The van der Waals surface area contributed by atoms with Gasteiger partial charge >= 0.3 is 6.09 Å². The molecule has 5 heteroatoms. The van der Waals surface area contributed by atoms with Crippen molar-refractivity contribution in [2.45, 2.75) is 70.9 Å². The first kappa shape index (κ1) is 18.2. The monoisotopic (exact) mass is 300 g/mol. The number of amides is 1. The highest BCUT2D eigenvalue weighted by atomic mass is 16.6. The summed E-state index contributed by atoms with van der Waals surface area (Å²) in [6.07, 6.45) is 6.08. The summed E-state index contributed by atoms with van der Waals surface area (Å²) in [5, 5.41) is 12.2. The number of likely N-dealkylation sites (tertiary alicyclic amines) is 1. The molecule has 1 saturated heterocycles. The second-order valence-electron chi connectivity index (χ2n) is 6.81. The minimum atomic E-state index is -0.434. The van der Waals surface area contributed by atoms with Crippen molar-refractivity contribution in [3.8, 4) is 0 Å². The van der Waals surface area contributed by atoms with E-state index in [0.717, 1.165) is 51.7 Å². The van der Waals surface area contributed by atoms with Crippen LogP contribution in [-0.4, -0.2) is 54.0 Å². The van der Waals surface area contributed by atoms with Gasteiger partial charge in [0.1, 0.15) is 5.60 Å². The van der Waals surface area contributed by atoms with E-state index in [0.29, 0.717) is 0 Å². The van der Waals surface area contributed by atoms with Crippen molar-refractivity contribution in [1.82, 2.24) is 10.2 Å². The lowest BCUT2D eigenvalue weighted by Crippen LogP contribution is -2.50. The van der Waals surface area contributed by atoms with E-state index in [4.69, 9.17) is 9.84 Å². The summed E-state index contributed by atoms with van der Waals surface area (Å²) in [4.78, 5) is 14.1. The Hall–Kier alpha value is -0.810. The minimum Gasteiger partial charge on any atom is -0.444 e. The van der Waals surface area contributed by atoms with Gasteiger partial charge in [0.05, 0.1) is 0 Å². The van der Waals surface area contributed by atoms with Crippen molar-refractivity contribution in [2.24, 2.45) is 0 Å². The standard InChI is InChI=1S/C16H32N2O3/c1-16(2,3)21-15(20)18-11-7-5-9-14(18)13-17-10-6-4-8-12-19/h14,17,19H,4-13H2,1-3H3. The largest absolute Gasteiger partial charge is 0.444 e. The molecule has 0 aromatic carbocycles. The maximum Gasteiger partial charge on any atom is 0.410 e. The molecule has 2 N–H and O–H groups in total. The summed E-state index contributed by atoms with van der Waals surface area (Å²) in [5.74, 6) is 0. The number of aliphatic hydroxyl groups excluding tert-OH is 1. The number of carbonyl (C=O) groups excluding carboxylic acids is 1. The Balaban J connectivity index is 2.33. The van der Waals surface area contributed by atoms with Gasteiger partial charge in [-0.15, -0.1) is 0 Å². The molecule has 0 aromatic heterocycles. The summed E-state index contributed by atoms with van der Waals surface area (Å²) in [7, 11) is 0. The quantitative estimate of drug-likeness (QED) is 0.709. The zero-order chi connectivity index (χ0) is 15.7. The van der Waals surface area contributed by atoms with Gasteiger partial charge in [-0.2, -0.15) is 0 Å². The number of nitrogens with one attached hydrogen (secondary N) is 1. The van der Waals surface area contributed by atoms with Crippen molar-refractivity contribution in [1.29, 1.82) is 0 Å². The average Bonchev–Trinajstić information content (AvgIpc) is 2.41. The lowest BCUT2D eigenvalue weighted by atomic mass is 10.0. The Morgan fingerprint density at radius 1 is 1.29 bits per heavy atom. The van der Waals surface area contributed by atoms with Crippen LogP contribution in [0.1, 0.15) is 59.3 Å². The zero-order valence-electron chi connectivity index (χ0n) is 13.9. The number of unbranched alkanes of at least 4 members (excludes halogenated alkanes) is 2. The Labute approximate surface area is 129 Å². The molecule has 1 atom stereocenters. The van der Waals surface area contributed by atoms with Gasteiger partial charge in [-0.1, -0.05) is 0 Å². The van der Waals surface area contributed by atoms with Crippen molar-refractivity contribution in [3.63, 3.8) is 0 Å². The number of carbonyl (C=O) groups is 1. The van der Waals surface area contributed by atoms with Crippen LogP contribution in [-0.2, 0) is 4.74 Å². The summed E-state index contributed by atoms with van der Waals surface area (Å²) in [5.41, 5.74) is -0.434. The van der Waals surface area contributed by atoms with E-state index >= 15 is 0 Å². The lowest BCUT2D eigenvalue weighted by molar-refractivity contribution is 0.00997. The fourth-order valence-electron chi connectivity index (χ4n) is 2.58. The van der Waals surface area contributed by atoms with Crippen molar-refractivity contribution >= 4 is 6.09 Å². The van der Waals surface area contributed by atoms with Crippen LogP contribution in [0, 0.1) is 0 Å². The van der Waals surface area contributed by atoms with Gasteiger partial charge in [-0.05, 0) is 65.8 Å². The Morgan fingerprint density at radius 3 is 2.71 bits per heavy atom. The van der Waals surface area contributed by atoms with E-state index < -0.39 is 5.60 Å². The van der Waals surface area contributed by atoms with Crippen LogP contribution < -0.4 is 5.32 Å². The van der Waals surface area contributed by atoms with Crippen LogP contribution in [0.15, 0.2) is 0 Å². The van der Waals surface area contributed by atoms with Gasteiger partial charge in [-0.3, -0.25) is 0 Å². The van der Waals surface area contributed by atoms with Crippen LogP contribution in [0.3, 0.4) is 0 Å². The fourth-order valence-corrected chi connectivity index (χ4v) is 2.58. The van der Waals surface area contributed by atoms with Gasteiger partial charge in [0, 0.05) is 25.7 Å². The Kier molecular flexibility index (Phi) is 8.04. The molecule has 124 valence electrons. The SMILES string of the molecule is CC(C)(C)OC(=O)N1CCCCC1CNCCCCCO. The molecule has 0 radical (unpaired) electrons. The van der Waals surface area contributed by atoms with Gasteiger partial charge < -0.3 is 20.1 Å². The molecule has 1 rings (SSSR count). The summed E-state index contributed by atoms with van der Waals surface area (Å²) < 4.78 is 5.50. The average molecular weight is 300 g/mol. The summed E-state index contributed by atoms with van der Waals surface area (Å²) >= 11 is 0. The molecule has 1 aliphatic heterocycles. The lowest BCUT2D eigenvalue weighted by Gasteiger charge is -2.37. The van der Waals surface area contributed by atoms with Crippen molar-refractivity contribution in [3.05, 3.63) is 0 Å². The number of hydrogen-bond donors (Lipinski definition) is 2. The molecule has 1 heterocycles. The van der Waals surface area contributed by atoms with Crippen LogP contribution >= 0.6 is 0 Å². The molecule has 0 spiro atoms. The normalized spacial score (nSPS) is 19.6. The molecule has 1 fully saturated rings. The number of aliphatic hydroxyl groups is 1. The van der Waals surface area contributed by atoms with Crippen LogP contribution in [0.2, 0.25) is 0 Å². The number of piperidine rings is 1. The second-order valence-corrected chi connectivity index (χ2v) is 6.81. The molecule has 1 unspecified atom stereocenters. The highest BCUT2D eigenvalue weighted by molar-refractivity contribution is 5.68. The highest BCUT2D eigenvalue weighted by Gasteiger charge is 2.29. The molecular formula is C16H32N2O3. The van der Waals surface area contributed by atoms with E-state index in [1.807, 2.05) is 25.7 Å². The Bertz CT molecular complexity index is 302. The number of nitrogens with zero attached hydrogens (tertiary/aromatic N) is 1. The molecule has 0 bridgehead atoms. The van der Waals surface area contributed by atoms with Crippen LogP contribution in [0.25, 0.3) is 0 Å². The van der Waals surface area contributed by atoms with Gasteiger partial charge in [0.15, 0.2) is 0 Å². The third kappa shape index (κ3) is 7.67. The molecule has 0 aliphatic carbocycles. The topological polar surface area (TPSA) is 61.8 Å². The fraction of sp³-hybridized carbons (Fsp3) is 0.938. The maximum absolute atomic E-state index is 12.2. The molecule has 5 nitrogen and oxygen atoms in total. The highest BCUT2D eigenvalue weighted by Crippen LogP contribution is 2.20. The van der Waals surface area contributed by atoms with Gasteiger partial charge in [-0.25, -0.2) is 4.79 Å². The zero-order valence-corrected chi connectivity index (χ0v) is 13.9. The molecule has 1 aliphatic rings. The first-order valence-electron chi connectivity index (χ1n) is 8.25. The molecular weight excluding hydrogens is 268 g/mol. The number of ether oxygens (including phenoxy) is 1. The van der Waals surface area contributed by atoms with Crippen molar-refractivity contribution < 1.29 is 14.6 Å². The van der Waals surface area contributed by atoms with Crippen molar-refractivity contribution in [2.75, 3.05) is 26.2 Å². The van der Waals surface area contributed by atoms with E-state index in [-0.39, 0.29) is 18.7 Å². The van der Waals surface area contributed by atoms with Crippen LogP contribution in [0.4, 0.5) is 4.79 Å². The first-order chi connectivity index (χ1) is 9.94. The third-order valence-electron chi connectivity index (χ3n) is 3.65. The van der Waals surface area contributed by atoms with Gasteiger partial charge in [0.2, 0.25) is 0 Å². The van der Waals surface area contributed by atoms with Crippen LogP contribution in [0.5, 0.6) is 0 Å². The summed E-state index contributed by atoms with van der Waals surface area (Å²) in [6, 6.07) is 0.242. The first-order valence-corrected chi connectivity index (χ1v) is 8.25. The predicted octanol–water partition coefficient (Wildman–Crippen LogP) is 2.53. The van der Waals surface area contributed by atoms with Gasteiger partial charge in [0.25, 0.3) is 0 Å². The predicted molar refractivity (Wildman–Crippen MR) is 84.4 cm³/mol. The minimum absolute atomic E-state index is 0.186. The molecule has 0 aromatic rings. The van der Waals surface area contributed by atoms with E-state index in [1.54, 1.807) is 0 Å². The maximum atomic E-state index is 12.2. The van der Waals surface area contributed by atoms with E-state index in [9.17, 15) is 4.79 Å². The molecule has 0 saturated carbocycles. The smallest absolute Gasteiger partial charge is 0.410 e. The summed E-state index contributed by atoms with van der Waals surface area (Å²) in [6.45, 7) is 8.56. The third-order valence-corrected chi connectivity index (χ3v) is 3.65. The Morgan fingerprint density at radius 2 is 2.05 bits per heavy atom. The molecule has 21 heavy (non-hydrogen) atoms. The van der Waals surface area contributed by atoms with E-state index in [2.05, 4.69) is 5.32 Å². The number of hydrogen-bond acceptors (Lipinski definition) is 4. The number of rotatable bonds is 7. The molecule has 1 amide bonds. The van der Waals surface area contributed by atoms with E-state index in [1.165, 1.54) is 6.42 Å².